The van der Waals surface area contributed by atoms with E-state index in [-0.39, 0.29) is 17.9 Å². The number of hydrogen-bond acceptors (Lipinski definition) is 5. The Kier molecular flexibility index (Phi) is 3.81. The highest BCUT2D eigenvalue weighted by atomic mass is 16.5. The molecule has 4 rings (SSSR count). The summed E-state index contributed by atoms with van der Waals surface area (Å²) >= 11 is 0. The number of rotatable bonds is 3. The molecule has 0 unspecified atom stereocenters. The normalized spacial score (nSPS) is 21.9. The Balaban J connectivity index is 1.48. The molecule has 1 saturated carbocycles. The first-order valence-corrected chi connectivity index (χ1v) is 8.37. The van der Waals surface area contributed by atoms with Gasteiger partial charge < -0.3 is 9.42 Å². The molecule has 1 atom stereocenters. The van der Waals surface area contributed by atoms with Crippen LogP contribution >= 0.6 is 0 Å². The Morgan fingerprint density at radius 3 is 2.78 bits per heavy atom. The van der Waals surface area contributed by atoms with E-state index in [0.717, 1.165) is 31.4 Å². The molecule has 6 nitrogen and oxygen atoms in total. The number of pyridine rings is 1. The van der Waals surface area contributed by atoms with Crippen LogP contribution in [0.25, 0.3) is 11.4 Å². The van der Waals surface area contributed by atoms with Crippen LogP contribution in [0, 0.1) is 5.92 Å². The van der Waals surface area contributed by atoms with Crippen molar-refractivity contribution in [3.05, 3.63) is 30.4 Å². The SMILES string of the molecule is O=C(C1CCCCC1)N1CC[C@H]1c1nc(-c2cccnc2)no1. The van der Waals surface area contributed by atoms with E-state index >= 15 is 0 Å². The van der Waals surface area contributed by atoms with Gasteiger partial charge in [-0.25, -0.2) is 0 Å². The number of hydrogen-bond donors (Lipinski definition) is 0. The number of likely N-dealkylation sites (tertiary alicyclic amines) is 1. The average Bonchev–Trinajstić information content (AvgIpc) is 3.05. The Bertz CT molecular complexity index is 679. The molecule has 1 saturated heterocycles. The second kappa shape index (κ2) is 6.10. The molecule has 0 bridgehead atoms. The maximum atomic E-state index is 12.7. The molecule has 0 radical (unpaired) electrons. The van der Waals surface area contributed by atoms with Gasteiger partial charge in [-0.3, -0.25) is 9.78 Å². The molecule has 0 N–H and O–H groups in total. The van der Waals surface area contributed by atoms with Crippen molar-refractivity contribution in [2.24, 2.45) is 5.92 Å². The summed E-state index contributed by atoms with van der Waals surface area (Å²) in [5, 5.41) is 4.03. The first-order valence-electron chi connectivity index (χ1n) is 8.37. The number of carbonyl (C=O) groups excluding carboxylic acids is 1. The minimum Gasteiger partial charge on any atom is -0.337 e. The largest absolute Gasteiger partial charge is 0.337 e. The third-order valence-corrected chi connectivity index (χ3v) is 4.90. The lowest BCUT2D eigenvalue weighted by Gasteiger charge is -2.41. The van der Waals surface area contributed by atoms with Crippen LogP contribution in [-0.4, -0.2) is 32.5 Å². The third-order valence-electron chi connectivity index (χ3n) is 4.90. The lowest BCUT2D eigenvalue weighted by Crippen LogP contribution is -2.48. The fourth-order valence-corrected chi connectivity index (χ4v) is 3.47. The van der Waals surface area contributed by atoms with Crippen LogP contribution in [0.4, 0.5) is 0 Å². The molecule has 0 spiro atoms. The molecule has 1 aliphatic carbocycles. The summed E-state index contributed by atoms with van der Waals surface area (Å²) in [7, 11) is 0. The second-order valence-electron chi connectivity index (χ2n) is 6.37. The molecule has 2 fully saturated rings. The number of aromatic nitrogens is 3. The van der Waals surface area contributed by atoms with Crippen LogP contribution in [0.15, 0.2) is 29.0 Å². The van der Waals surface area contributed by atoms with E-state index in [1.807, 2.05) is 17.0 Å². The van der Waals surface area contributed by atoms with Crippen molar-refractivity contribution in [2.45, 2.75) is 44.6 Å². The Morgan fingerprint density at radius 2 is 2.09 bits per heavy atom. The molecule has 0 aromatic carbocycles. The van der Waals surface area contributed by atoms with Gasteiger partial charge in [0, 0.05) is 30.4 Å². The van der Waals surface area contributed by atoms with Crippen LogP contribution in [-0.2, 0) is 4.79 Å². The molecule has 1 amide bonds. The topological polar surface area (TPSA) is 72.1 Å². The molecule has 2 aromatic rings. The summed E-state index contributed by atoms with van der Waals surface area (Å²) in [5.41, 5.74) is 0.826. The standard InChI is InChI=1S/C17H20N4O2/c22-17(12-5-2-1-3-6-12)21-10-8-14(21)16-19-15(20-23-16)13-7-4-9-18-11-13/h4,7,9,11-12,14H,1-3,5-6,8,10H2/t14-/m0/s1. The molecule has 2 aliphatic rings. The van der Waals surface area contributed by atoms with E-state index in [9.17, 15) is 4.79 Å². The molecule has 120 valence electrons. The van der Waals surface area contributed by atoms with Gasteiger partial charge in [0.2, 0.25) is 17.6 Å². The Hall–Kier alpha value is -2.24. The van der Waals surface area contributed by atoms with E-state index in [1.54, 1.807) is 12.4 Å². The van der Waals surface area contributed by atoms with Crippen LogP contribution < -0.4 is 0 Å². The van der Waals surface area contributed by atoms with Crippen molar-refractivity contribution in [1.29, 1.82) is 0 Å². The van der Waals surface area contributed by atoms with E-state index in [2.05, 4.69) is 15.1 Å². The van der Waals surface area contributed by atoms with Gasteiger partial charge in [-0.15, -0.1) is 0 Å². The fourth-order valence-electron chi connectivity index (χ4n) is 3.47. The van der Waals surface area contributed by atoms with Gasteiger partial charge in [0.1, 0.15) is 6.04 Å². The highest BCUT2D eigenvalue weighted by Gasteiger charge is 2.40. The van der Waals surface area contributed by atoms with Gasteiger partial charge in [0.05, 0.1) is 0 Å². The predicted molar refractivity (Wildman–Crippen MR) is 83.2 cm³/mol. The van der Waals surface area contributed by atoms with Crippen LogP contribution in [0.2, 0.25) is 0 Å². The predicted octanol–water partition coefficient (Wildman–Crippen LogP) is 2.99. The van der Waals surface area contributed by atoms with Crippen molar-refractivity contribution in [1.82, 2.24) is 20.0 Å². The highest BCUT2D eigenvalue weighted by Crippen LogP contribution is 2.36. The molecule has 2 aromatic heterocycles. The van der Waals surface area contributed by atoms with E-state index in [0.29, 0.717) is 11.7 Å². The Morgan fingerprint density at radius 1 is 1.22 bits per heavy atom. The summed E-state index contributed by atoms with van der Waals surface area (Å²) in [6, 6.07) is 3.68. The van der Waals surface area contributed by atoms with Crippen molar-refractivity contribution in [3.63, 3.8) is 0 Å². The van der Waals surface area contributed by atoms with Gasteiger partial charge in [-0.1, -0.05) is 24.4 Å². The third kappa shape index (κ3) is 2.73. The molecule has 23 heavy (non-hydrogen) atoms. The summed E-state index contributed by atoms with van der Waals surface area (Å²) in [4.78, 5) is 23.1. The van der Waals surface area contributed by atoms with Crippen molar-refractivity contribution in [2.75, 3.05) is 6.54 Å². The van der Waals surface area contributed by atoms with Gasteiger partial charge >= 0.3 is 0 Å². The monoisotopic (exact) mass is 312 g/mol. The van der Waals surface area contributed by atoms with Gasteiger partial charge in [-0.05, 0) is 31.4 Å². The zero-order valence-electron chi connectivity index (χ0n) is 13.0. The molecule has 6 heteroatoms. The first-order chi connectivity index (χ1) is 11.3. The number of carbonyl (C=O) groups is 1. The van der Waals surface area contributed by atoms with Gasteiger partial charge in [0.25, 0.3) is 0 Å². The lowest BCUT2D eigenvalue weighted by molar-refractivity contribution is -0.145. The zero-order chi connectivity index (χ0) is 15.6. The zero-order valence-corrected chi connectivity index (χ0v) is 13.0. The lowest BCUT2D eigenvalue weighted by atomic mass is 9.86. The highest BCUT2D eigenvalue weighted by molar-refractivity contribution is 5.80. The smallest absolute Gasteiger partial charge is 0.249 e. The Labute approximate surface area is 134 Å². The maximum Gasteiger partial charge on any atom is 0.249 e. The van der Waals surface area contributed by atoms with Crippen molar-refractivity contribution < 1.29 is 9.32 Å². The van der Waals surface area contributed by atoms with Crippen LogP contribution in [0.1, 0.15) is 50.5 Å². The average molecular weight is 312 g/mol. The summed E-state index contributed by atoms with van der Waals surface area (Å²) in [6.45, 7) is 0.796. The first kappa shape index (κ1) is 14.4. The number of nitrogens with zero attached hydrogens (tertiary/aromatic N) is 4. The number of amides is 1. The molecule has 3 heterocycles. The maximum absolute atomic E-state index is 12.7. The summed E-state index contributed by atoms with van der Waals surface area (Å²) in [5.74, 6) is 1.53. The van der Waals surface area contributed by atoms with Crippen molar-refractivity contribution in [3.8, 4) is 11.4 Å². The fraction of sp³-hybridized carbons (Fsp3) is 0.529. The van der Waals surface area contributed by atoms with Crippen LogP contribution in [0.3, 0.4) is 0 Å². The summed E-state index contributed by atoms with van der Waals surface area (Å²) < 4.78 is 5.41. The van der Waals surface area contributed by atoms with Gasteiger partial charge in [-0.2, -0.15) is 4.98 Å². The van der Waals surface area contributed by atoms with Gasteiger partial charge in [0.15, 0.2) is 0 Å². The summed E-state index contributed by atoms with van der Waals surface area (Å²) in [6.07, 6.45) is 9.95. The van der Waals surface area contributed by atoms with E-state index in [4.69, 9.17) is 4.52 Å². The molecule has 1 aliphatic heterocycles. The minimum absolute atomic E-state index is 0.0534. The van der Waals surface area contributed by atoms with Crippen LogP contribution in [0.5, 0.6) is 0 Å². The molecular formula is C17H20N4O2. The minimum atomic E-state index is -0.0534. The van der Waals surface area contributed by atoms with E-state index in [1.165, 1.54) is 19.3 Å². The second-order valence-corrected chi connectivity index (χ2v) is 6.37. The van der Waals surface area contributed by atoms with E-state index < -0.39 is 0 Å². The quantitative estimate of drug-likeness (QED) is 0.871. The molecular weight excluding hydrogens is 292 g/mol. The van der Waals surface area contributed by atoms with Crippen molar-refractivity contribution >= 4 is 5.91 Å².